The molecule has 1 fully saturated rings. The molecule has 1 saturated carbocycles. The number of hydrazone groups is 1. The average Bonchev–Trinajstić information content (AvgIpc) is 3.27. The summed E-state index contributed by atoms with van der Waals surface area (Å²) >= 11 is 5.93. The zero-order chi connectivity index (χ0) is 20.1. The summed E-state index contributed by atoms with van der Waals surface area (Å²) < 4.78 is 11.2. The monoisotopic (exact) mass is 406 g/mol. The Kier molecular flexibility index (Phi) is 6.76. The van der Waals surface area contributed by atoms with E-state index < -0.39 is 5.41 Å². The van der Waals surface area contributed by atoms with Crippen molar-refractivity contribution >= 4 is 23.9 Å². The second-order valence-electron chi connectivity index (χ2n) is 8.43. The second kappa shape index (κ2) is 9.08. The summed E-state index contributed by atoms with van der Waals surface area (Å²) in [7, 11) is 0. The van der Waals surface area contributed by atoms with Crippen LogP contribution in [-0.4, -0.2) is 54.9 Å². The van der Waals surface area contributed by atoms with Crippen LogP contribution < -0.4 is 0 Å². The third-order valence-corrected chi connectivity index (χ3v) is 5.05. The van der Waals surface area contributed by atoms with E-state index in [0.29, 0.717) is 18.7 Å². The number of ether oxygens (including phenoxy) is 2. The first-order valence-corrected chi connectivity index (χ1v) is 10.2. The molecule has 0 aromatic heterocycles. The molecule has 0 bridgehead atoms. The molecule has 0 amide bonds. The lowest BCUT2D eigenvalue weighted by atomic mass is 9.98. The van der Waals surface area contributed by atoms with Crippen LogP contribution in [0.5, 0.6) is 0 Å². The maximum absolute atomic E-state index is 11.8. The van der Waals surface area contributed by atoms with E-state index in [1.807, 2.05) is 37.9 Å². The second-order valence-corrected chi connectivity index (χ2v) is 8.87. The largest absolute Gasteiger partial charge is 0.547 e. The van der Waals surface area contributed by atoms with Gasteiger partial charge in [0.05, 0.1) is 11.5 Å². The number of hydrogen-bond donors (Lipinski definition) is 0. The number of unbranched alkanes of at least 4 members (excludes halogenated alkanes) is 1. The Bertz CT molecular complexity index is 687. The summed E-state index contributed by atoms with van der Waals surface area (Å²) in [5.74, 6) is 0.293. The maximum atomic E-state index is 11.8. The molecule has 28 heavy (non-hydrogen) atoms. The molecule has 1 aromatic rings. The van der Waals surface area contributed by atoms with Crippen molar-refractivity contribution in [1.29, 1.82) is 0 Å². The fraction of sp³-hybridized carbons (Fsp3) is 0.619. The highest BCUT2D eigenvalue weighted by Crippen LogP contribution is 2.43. The Morgan fingerprint density at radius 3 is 2.75 bits per heavy atom. The topological polar surface area (TPSA) is 54.4 Å². The molecule has 1 heterocycles. The van der Waals surface area contributed by atoms with Crippen molar-refractivity contribution in [3.05, 3.63) is 34.9 Å². The van der Waals surface area contributed by atoms with Crippen LogP contribution in [0, 0.1) is 5.41 Å². The van der Waals surface area contributed by atoms with Crippen molar-refractivity contribution in [3.8, 4) is 0 Å². The minimum absolute atomic E-state index is 0.187. The van der Waals surface area contributed by atoms with Crippen LogP contribution in [-0.2, 0) is 14.3 Å². The van der Waals surface area contributed by atoms with Gasteiger partial charge < -0.3 is 9.47 Å². The van der Waals surface area contributed by atoms with Gasteiger partial charge in [-0.25, -0.2) is 5.01 Å². The molecule has 7 heteroatoms. The van der Waals surface area contributed by atoms with E-state index in [-0.39, 0.29) is 12.7 Å². The summed E-state index contributed by atoms with van der Waals surface area (Å²) in [4.78, 5) is 13.6. The average molecular weight is 407 g/mol. The lowest BCUT2D eigenvalue weighted by Crippen LogP contribution is -2.33. The molecule has 2 unspecified atom stereocenters. The smallest absolute Gasteiger partial charge is 0.440 e. The Morgan fingerprint density at radius 1 is 1.29 bits per heavy atom. The SMILES string of the molecule is CC(C)(C)C(=O)OCN1[C+]=NN(CCCCOC2CC2c2ccc(Cl)cc2)C1. The van der Waals surface area contributed by atoms with Gasteiger partial charge in [-0.3, -0.25) is 4.79 Å². The Morgan fingerprint density at radius 2 is 2.04 bits per heavy atom. The predicted molar refractivity (Wildman–Crippen MR) is 109 cm³/mol. The molecule has 0 spiro atoms. The van der Waals surface area contributed by atoms with Crippen molar-refractivity contribution in [1.82, 2.24) is 9.91 Å². The van der Waals surface area contributed by atoms with Gasteiger partial charge in [-0.2, -0.15) is 0 Å². The molecule has 0 saturated heterocycles. The Hall–Kier alpha value is -1.88. The molecule has 2 atom stereocenters. The van der Waals surface area contributed by atoms with Crippen LogP contribution >= 0.6 is 11.6 Å². The fourth-order valence-corrected chi connectivity index (χ4v) is 3.10. The van der Waals surface area contributed by atoms with Gasteiger partial charge in [-0.1, -0.05) is 28.6 Å². The van der Waals surface area contributed by atoms with Crippen LogP contribution in [0.2, 0.25) is 5.02 Å². The maximum Gasteiger partial charge on any atom is 0.547 e. The highest BCUT2D eigenvalue weighted by molar-refractivity contribution is 6.30. The zero-order valence-corrected chi connectivity index (χ0v) is 17.6. The Balaban J connectivity index is 1.23. The van der Waals surface area contributed by atoms with Gasteiger partial charge in [0.15, 0.2) is 6.67 Å². The van der Waals surface area contributed by atoms with E-state index in [9.17, 15) is 4.79 Å². The highest BCUT2D eigenvalue weighted by Gasteiger charge is 2.39. The van der Waals surface area contributed by atoms with Crippen LogP contribution in [0.1, 0.15) is 51.5 Å². The number of rotatable bonds is 9. The molecule has 2 aliphatic rings. The molecule has 6 nitrogen and oxygen atoms in total. The zero-order valence-electron chi connectivity index (χ0n) is 16.9. The lowest BCUT2D eigenvalue weighted by molar-refractivity contribution is -0.156. The van der Waals surface area contributed by atoms with Crippen molar-refractivity contribution in [2.75, 3.05) is 26.6 Å². The Labute approximate surface area is 172 Å². The van der Waals surface area contributed by atoms with Crippen LogP contribution in [0.4, 0.5) is 0 Å². The molecular weight excluding hydrogens is 378 g/mol. The summed E-state index contributed by atoms with van der Waals surface area (Å²) in [6, 6.07) is 8.05. The highest BCUT2D eigenvalue weighted by atomic mass is 35.5. The minimum atomic E-state index is -0.495. The van der Waals surface area contributed by atoms with E-state index in [1.165, 1.54) is 5.56 Å². The molecule has 1 aliphatic heterocycles. The summed E-state index contributed by atoms with van der Waals surface area (Å²) in [5, 5.41) is 6.93. The van der Waals surface area contributed by atoms with E-state index in [1.54, 1.807) is 4.90 Å². The standard InChI is InChI=1S/C21H29ClN3O3/c1-21(2,3)20(26)28-15-24-13-23-25(14-24)10-4-5-11-27-19-12-18(19)16-6-8-17(22)9-7-16/h6-9,18-19H,4-5,10-12,14-15H2,1-3H3/q+1. The number of esters is 1. The van der Waals surface area contributed by atoms with Crippen molar-refractivity contribution in [2.45, 2.75) is 52.1 Å². The summed E-state index contributed by atoms with van der Waals surface area (Å²) in [5.41, 5.74) is 0.814. The van der Waals surface area contributed by atoms with Gasteiger partial charge >= 0.3 is 12.3 Å². The fourth-order valence-electron chi connectivity index (χ4n) is 2.98. The van der Waals surface area contributed by atoms with Crippen molar-refractivity contribution < 1.29 is 14.3 Å². The van der Waals surface area contributed by atoms with Crippen molar-refractivity contribution in [2.24, 2.45) is 10.5 Å². The summed E-state index contributed by atoms with van der Waals surface area (Å²) in [6.07, 6.45) is 6.30. The minimum Gasteiger partial charge on any atom is -0.440 e. The first kappa shape index (κ1) is 20.8. The number of hydrogen-bond acceptors (Lipinski definition) is 6. The van der Waals surface area contributed by atoms with Crippen LogP contribution in [0.15, 0.2) is 29.4 Å². The van der Waals surface area contributed by atoms with E-state index in [0.717, 1.165) is 37.4 Å². The third kappa shape index (κ3) is 6.06. The number of nitrogens with zero attached hydrogens (tertiary/aromatic N) is 3. The normalized spacial score (nSPS) is 21.0. The van der Waals surface area contributed by atoms with Gasteiger partial charge in [-0.15, -0.1) is 0 Å². The number of carbonyl (C=O) groups is 1. The molecule has 152 valence electrons. The molecule has 1 aliphatic carbocycles. The molecule has 3 rings (SSSR count). The van der Waals surface area contributed by atoms with Crippen LogP contribution in [0.25, 0.3) is 0 Å². The van der Waals surface area contributed by atoms with E-state index >= 15 is 0 Å². The van der Waals surface area contributed by atoms with Gasteiger partial charge in [0.25, 0.3) is 0 Å². The third-order valence-electron chi connectivity index (χ3n) is 4.80. The van der Waals surface area contributed by atoms with Gasteiger partial charge in [0.2, 0.25) is 6.73 Å². The van der Waals surface area contributed by atoms with Gasteiger partial charge in [0.1, 0.15) is 5.10 Å². The van der Waals surface area contributed by atoms with Crippen molar-refractivity contribution in [3.63, 3.8) is 0 Å². The quantitative estimate of drug-likeness (QED) is 0.353. The molecule has 0 radical (unpaired) electrons. The van der Waals surface area contributed by atoms with Gasteiger partial charge in [0, 0.05) is 24.1 Å². The molecule has 1 aromatic carbocycles. The van der Waals surface area contributed by atoms with Crippen LogP contribution in [0.3, 0.4) is 0 Å². The number of benzene rings is 1. The lowest BCUT2D eigenvalue weighted by Gasteiger charge is -2.17. The summed E-state index contributed by atoms with van der Waals surface area (Å²) in [6.45, 7) is 7.90. The van der Waals surface area contributed by atoms with E-state index in [4.69, 9.17) is 21.1 Å². The number of carbonyl (C=O) groups excluding carboxylic acids is 1. The molecule has 0 N–H and O–H groups in total. The molecular formula is C21H29ClN3O3+. The van der Waals surface area contributed by atoms with E-state index in [2.05, 4.69) is 23.6 Å². The first-order valence-electron chi connectivity index (χ1n) is 9.83. The van der Waals surface area contributed by atoms with Gasteiger partial charge in [-0.05, 0) is 57.7 Å². The number of halogens is 1. The predicted octanol–water partition coefficient (Wildman–Crippen LogP) is 3.93. The first-order chi connectivity index (χ1) is 13.3.